The quantitative estimate of drug-likeness (QED) is 0.783. The monoisotopic (exact) mass is 358 g/mol. The number of rotatable bonds is 7. The van der Waals surface area contributed by atoms with Gasteiger partial charge in [-0.1, -0.05) is 38.3 Å². The van der Waals surface area contributed by atoms with Crippen molar-refractivity contribution in [2.75, 3.05) is 31.6 Å². The van der Waals surface area contributed by atoms with Crippen molar-refractivity contribution in [1.82, 2.24) is 4.90 Å². The molecule has 1 aliphatic carbocycles. The zero-order chi connectivity index (χ0) is 18.2. The molecule has 1 aliphatic heterocycles. The van der Waals surface area contributed by atoms with Gasteiger partial charge in [-0.05, 0) is 49.3 Å². The van der Waals surface area contributed by atoms with Gasteiger partial charge in [-0.2, -0.15) is 0 Å². The number of carbonyl (C=O) groups is 1. The number of hydrogen-bond acceptors (Lipinski definition) is 3. The lowest BCUT2D eigenvalue weighted by molar-refractivity contribution is -0.121. The van der Waals surface area contributed by atoms with Gasteiger partial charge in [0.1, 0.15) is 0 Å². The Bertz CT molecular complexity index is 544. The van der Waals surface area contributed by atoms with E-state index in [1.54, 1.807) is 0 Å². The molecule has 2 fully saturated rings. The van der Waals surface area contributed by atoms with Crippen LogP contribution in [0.5, 0.6) is 0 Å². The summed E-state index contributed by atoms with van der Waals surface area (Å²) in [6.45, 7) is 6.87. The fourth-order valence-corrected chi connectivity index (χ4v) is 4.16. The van der Waals surface area contributed by atoms with Crippen molar-refractivity contribution in [1.29, 1.82) is 0 Å². The van der Waals surface area contributed by atoms with Gasteiger partial charge in [0.25, 0.3) is 0 Å². The lowest BCUT2D eigenvalue weighted by Gasteiger charge is -2.28. The molecular weight excluding hydrogens is 324 g/mol. The van der Waals surface area contributed by atoms with Gasteiger partial charge < -0.3 is 10.1 Å². The van der Waals surface area contributed by atoms with Gasteiger partial charge in [0.15, 0.2) is 0 Å². The first-order chi connectivity index (χ1) is 12.7. The van der Waals surface area contributed by atoms with Crippen LogP contribution in [0.2, 0.25) is 0 Å². The number of anilines is 1. The summed E-state index contributed by atoms with van der Waals surface area (Å²) in [5.41, 5.74) is 2.22. The van der Waals surface area contributed by atoms with Crippen molar-refractivity contribution in [2.24, 2.45) is 11.8 Å². The molecule has 1 saturated carbocycles. The molecule has 1 saturated heterocycles. The van der Waals surface area contributed by atoms with E-state index in [1.165, 1.54) is 37.7 Å². The number of unbranched alkanes of at least 4 members (excludes halogenated alkanes) is 1. The first-order valence-electron chi connectivity index (χ1n) is 10.4. The summed E-state index contributed by atoms with van der Waals surface area (Å²) < 4.78 is 5.39. The molecule has 1 aromatic carbocycles. The maximum absolute atomic E-state index is 12.6. The van der Waals surface area contributed by atoms with Gasteiger partial charge in [0, 0.05) is 31.2 Å². The summed E-state index contributed by atoms with van der Waals surface area (Å²) in [5, 5.41) is 3.13. The average molecular weight is 359 g/mol. The van der Waals surface area contributed by atoms with Crippen LogP contribution in [-0.2, 0) is 16.1 Å². The number of ether oxygens (including phenoxy) is 1. The van der Waals surface area contributed by atoms with E-state index >= 15 is 0 Å². The predicted molar refractivity (Wildman–Crippen MR) is 106 cm³/mol. The minimum atomic E-state index is 0.195. The zero-order valence-corrected chi connectivity index (χ0v) is 16.2. The highest BCUT2D eigenvalue weighted by molar-refractivity contribution is 5.92. The normalized spacial score (nSPS) is 24.3. The van der Waals surface area contributed by atoms with Crippen LogP contribution in [-0.4, -0.2) is 37.1 Å². The smallest absolute Gasteiger partial charge is 0.227 e. The Hall–Kier alpha value is -1.39. The number of carbonyl (C=O) groups excluding carboxylic acids is 1. The fourth-order valence-electron chi connectivity index (χ4n) is 4.16. The molecule has 1 N–H and O–H groups in total. The molecular formula is C22H34N2O2. The third kappa shape index (κ3) is 5.82. The highest BCUT2D eigenvalue weighted by Gasteiger charge is 2.26. The summed E-state index contributed by atoms with van der Waals surface area (Å²) >= 11 is 0. The Morgan fingerprint density at radius 1 is 1.12 bits per heavy atom. The van der Waals surface area contributed by atoms with E-state index in [9.17, 15) is 4.79 Å². The topological polar surface area (TPSA) is 41.6 Å². The summed E-state index contributed by atoms with van der Waals surface area (Å²) in [7, 11) is 0. The van der Waals surface area contributed by atoms with Crippen LogP contribution >= 0.6 is 0 Å². The van der Waals surface area contributed by atoms with Crippen molar-refractivity contribution < 1.29 is 9.53 Å². The molecule has 4 heteroatoms. The van der Waals surface area contributed by atoms with Gasteiger partial charge in [0.05, 0.1) is 13.2 Å². The number of amides is 1. The van der Waals surface area contributed by atoms with Crippen molar-refractivity contribution in [3.05, 3.63) is 29.8 Å². The molecule has 3 rings (SSSR count). The molecule has 0 radical (unpaired) electrons. The molecule has 0 bridgehead atoms. The van der Waals surface area contributed by atoms with Crippen molar-refractivity contribution in [3.63, 3.8) is 0 Å². The van der Waals surface area contributed by atoms with Gasteiger partial charge in [-0.25, -0.2) is 0 Å². The van der Waals surface area contributed by atoms with Crippen LogP contribution < -0.4 is 5.32 Å². The van der Waals surface area contributed by atoms with Crippen molar-refractivity contribution in [3.8, 4) is 0 Å². The number of hydrogen-bond donors (Lipinski definition) is 1. The minimum absolute atomic E-state index is 0.195. The molecule has 1 amide bonds. The standard InChI is InChI=1S/C22H34N2O2/c1-2-3-4-18-5-9-20(10-6-18)22(25)23-21-11-7-19(8-12-21)17-24-13-15-26-16-14-24/h7-8,11-12,18,20H,2-6,9-10,13-17H2,1H3,(H,23,25). The molecule has 4 nitrogen and oxygen atoms in total. The van der Waals surface area contributed by atoms with Crippen molar-refractivity contribution >= 4 is 11.6 Å². The van der Waals surface area contributed by atoms with Gasteiger partial charge in [0.2, 0.25) is 5.91 Å². The predicted octanol–water partition coefficient (Wildman–Crippen LogP) is 4.45. The molecule has 2 aliphatic rings. The van der Waals surface area contributed by atoms with Gasteiger partial charge >= 0.3 is 0 Å². The summed E-state index contributed by atoms with van der Waals surface area (Å²) in [4.78, 5) is 15.0. The van der Waals surface area contributed by atoms with Crippen LogP contribution in [0.1, 0.15) is 57.4 Å². The van der Waals surface area contributed by atoms with Crippen LogP contribution in [0, 0.1) is 11.8 Å². The Labute approximate surface area is 158 Å². The molecule has 26 heavy (non-hydrogen) atoms. The van der Waals surface area contributed by atoms with Crippen LogP contribution in [0.15, 0.2) is 24.3 Å². The Balaban J connectivity index is 1.43. The summed E-state index contributed by atoms with van der Waals surface area (Å²) in [6.07, 6.45) is 8.49. The molecule has 1 aromatic rings. The number of morpholine rings is 1. The van der Waals surface area contributed by atoms with Crippen LogP contribution in [0.3, 0.4) is 0 Å². The number of nitrogens with one attached hydrogen (secondary N) is 1. The maximum Gasteiger partial charge on any atom is 0.227 e. The van der Waals surface area contributed by atoms with Gasteiger partial charge in [-0.15, -0.1) is 0 Å². The zero-order valence-electron chi connectivity index (χ0n) is 16.2. The second kappa shape index (κ2) is 10.1. The third-order valence-corrected chi connectivity index (χ3v) is 5.91. The van der Waals surface area contributed by atoms with Crippen LogP contribution in [0.25, 0.3) is 0 Å². The Kier molecular flexibility index (Phi) is 7.51. The fraction of sp³-hybridized carbons (Fsp3) is 0.682. The molecule has 0 aromatic heterocycles. The highest BCUT2D eigenvalue weighted by Crippen LogP contribution is 2.32. The second-order valence-corrected chi connectivity index (χ2v) is 7.93. The maximum atomic E-state index is 12.6. The first kappa shape index (κ1) is 19.4. The molecule has 0 unspecified atom stereocenters. The van der Waals surface area contributed by atoms with E-state index in [4.69, 9.17) is 4.74 Å². The highest BCUT2D eigenvalue weighted by atomic mass is 16.5. The second-order valence-electron chi connectivity index (χ2n) is 7.93. The van der Waals surface area contributed by atoms with E-state index in [0.717, 1.165) is 57.3 Å². The Morgan fingerprint density at radius 3 is 2.46 bits per heavy atom. The molecule has 0 spiro atoms. The lowest BCUT2D eigenvalue weighted by atomic mass is 9.79. The third-order valence-electron chi connectivity index (χ3n) is 5.91. The minimum Gasteiger partial charge on any atom is -0.379 e. The van der Waals surface area contributed by atoms with Gasteiger partial charge in [-0.3, -0.25) is 9.69 Å². The summed E-state index contributed by atoms with van der Waals surface area (Å²) in [5.74, 6) is 1.25. The van der Waals surface area contributed by atoms with E-state index in [2.05, 4.69) is 29.3 Å². The molecule has 144 valence electrons. The largest absolute Gasteiger partial charge is 0.379 e. The molecule has 1 heterocycles. The Morgan fingerprint density at radius 2 is 1.81 bits per heavy atom. The van der Waals surface area contributed by atoms with E-state index in [-0.39, 0.29) is 11.8 Å². The van der Waals surface area contributed by atoms with E-state index in [1.807, 2.05) is 12.1 Å². The average Bonchev–Trinajstić information content (AvgIpc) is 2.69. The van der Waals surface area contributed by atoms with Crippen molar-refractivity contribution in [2.45, 2.75) is 58.4 Å². The van der Waals surface area contributed by atoms with Crippen LogP contribution in [0.4, 0.5) is 5.69 Å². The molecule has 0 atom stereocenters. The number of nitrogens with zero attached hydrogens (tertiary/aromatic N) is 1. The lowest BCUT2D eigenvalue weighted by Crippen LogP contribution is -2.35. The summed E-state index contributed by atoms with van der Waals surface area (Å²) in [6, 6.07) is 8.35. The first-order valence-corrected chi connectivity index (χ1v) is 10.4. The van der Waals surface area contributed by atoms with E-state index < -0.39 is 0 Å². The van der Waals surface area contributed by atoms with E-state index in [0.29, 0.717) is 0 Å². The SMILES string of the molecule is CCCCC1CCC(C(=O)Nc2ccc(CN3CCOCC3)cc2)CC1. The number of benzene rings is 1.